The Hall–Kier alpha value is -2.51. The monoisotopic (exact) mass is 342 g/mol. The van der Waals surface area contributed by atoms with Gasteiger partial charge < -0.3 is 9.64 Å². The van der Waals surface area contributed by atoms with Crippen LogP contribution in [0.25, 0.3) is 5.82 Å². The first kappa shape index (κ1) is 16.4. The topological polar surface area (TPSA) is 60.2 Å². The molecule has 1 amide bonds. The van der Waals surface area contributed by atoms with E-state index in [1.54, 1.807) is 65.0 Å². The molecule has 0 bridgehead atoms. The molecule has 6 nitrogen and oxygen atoms in total. The maximum Gasteiger partial charge on any atom is 0.254 e. The summed E-state index contributed by atoms with van der Waals surface area (Å²) in [4.78, 5) is 24.2. The molecule has 0 unspecified atom stereocenters. The second-order valence-corrected chi connectivity index (χ2v) is 6.20. The van der Waals surface area contributed by atoms with Crippen molar-refractivity contribution in [1.82, 2.24) is 19.4 Å². The third kappa shape index (κ3) is 3.87. The molecule has 0 aromatic carbocycles. The predicted octanol–water partition coefficient (Wildman–Crippen LogP) is 2.62. The van der Waals surface area contributed by atoms with Crippen LogP contribution in [-0.4, -0.2) is 45.6 Å². The lowest BCUT2D eigenvalue weighted by atomic mass is 10.2. The van der Waals surface area contributed by atoms with Crippen molar-refractivity contribution in [1.29, 1.82) is 0 Å². The number of methoxy groups -OCH3 is 1. The van der Waals surface area contributed by atoms with E-state index in [4.69, 9.17) is 4.74 Å². The number of thiophene rings is 1. The van der Waals surface area contributed by atoms with Crippen LogP contribution in [0.5, 0.6) is 0 Å². The van der Waals surface area contributed by atoms with E-state index >= 15 is 0 Å². The molecule has 0 aliphatic rings. The minimum atomic E-state index is -0.0378. The summed E-state index contributed by atoms with van der Waals surface area (Å²) in [7, 11) is 1.64. The van der Waals surface area contributed by atoms with Crippen LogP contribution in [0.2, 0.25) is 0 Å². The molecular weight excluding hydrogens is 324 g/mol. The molecule has 0 atom stereocenters. The molecule has 3 heterocycles. The van der Waals surface area contributed by atoms with E-state index in [1.807, 2.05) is 17.5 Å². The average molecular weight is 342 g/mol. The maximum atomic E-state index is 12.9. The van der Waals surface area contributed by atoms with Crippen LogP contribution in [0, 0.1) is 0 Å². The molecular formula is C17H18N4O2S. The van der Waals surface area contributed by atoms with E-state index in [0.717, 1.165) is 4.88 Å². The van der Waals surface area contributed by atoms with Crippen LogP contribution in [0.1, 0.15) is 15.2 Å². The third-order valence-corrected chi connectivity index (χ3v) is 4.40. The van der Waals surface area contributed by atoms with Crippen LogP contribution < -0.4 is 0 Å². The van der Waals surface area contributed by atoms with Crippen molar-refractivity contribution in [3.05, 3.63) is 65.0 Å². The first-order chi connectivity index (χ1) is 11.8. The number of rotatable bonds is 7. The molecule has 7 heteroatoms. The average Bonchev–Trinajstić information content (AvgIpc) is 3.31. The zero-order chi connectivity index (χ0) is 16.8. The summed E-state index contributed by atoms with van der Waals surface area (Å²) in [6.45, 7) is 1.61. The standard InChI is InChI=1S/C17H18N4O2S/c1-23-9-8-20(12-15-3-2-10-24-15)17(22)14-4-5-19-16(11-14)21-7-6-18-13-21/h2-7,10-11,13H,8-9,12H2,1H3. The molecule has 0 N–H and O–H groups in total. The Morgan fingerprint density at radius 3 is 3.00 bits per heavy atom. The minimum absolute atomic E-state index is 0.0378. The maximum absolute atomic E-state index is 12.9. The summed E-state index contributed by atoms with van der Waals surface area (Å²) in [5, 5.41) is 2.01. The van der Waals surface area contributed by atoms with Gasteiger partial charge in [0.15, 0.2) is 0 Å². The number of imidazole rings is 1. The second kappa shape index (κ2) is 7.85. The lowest BCUT2D eigenvalue weighted by Crippen LogP contribution is -2.33. The number of nitrogens with zero attached hydrogens (tertiary/aromatic N) is 4. The van der Waals surface area contributed by atoms with E-state index in [0.29, 0.717) is 31.1 Å². The van der Waals surface area contributed by atoms with Crippen LogP contribution in [0.3, 0.4) is 0 Å². The Labute approximate surface area is 144 Å². The molecule has 0 radical (unpaired) electrons. The Morgan fingerprint density at radius 1 is 1.38 bits per heavy atom. The molecule has 0 aliphatic heterocycles. The molecule has 0 saturated heterocycles. The zero-order valence-electron chi connectivity index (χ0n) is 13.3. The molecule has 124 valence electrons. The molecule has 3 aromatic rings. The number of ether oxygens (including phenoxy) is 1. The summed E-state index contributed by atoms with van der Waals surface area (Å²) in [5.74, 6) is 0.630. The van der Waals surface area contributed by atoms with Crippen LogP contribution in [0.15, 0.2) is 54.6 Å². The lowest BCUT2D eigenvalue weighted by molar-refractivity contribution is 0.0682. The Morgan fingerprint density at radius 2 is 2.29 bits per heavy atom. The SMILES string of the molecule is COCCN(Cc1cccs1)C(=O)c1ccnc(-n2ccnc2)c1. The van der Waals surface area contributed by atoms with Gasteiger partial charge in [0, 0.05) is 42.7 Å². The quantitative estimate of drug-likeness (QED) is 0.662. The van der Waals surface area contributed by atoms with E-state index in [1.165, 1.54) is 0 Å². The van der Waals surface area contributed by atoms with Crippen molar-refractivity contribution in [3.63, 3.8) is 0 Å². The fraction of sp³-hybridized carbons (Fsp3) is 0.235. The molecule has 0 fully saturated rings. The first-order valence-electron chi connectivity index (χ1n) is 7.53. The van der Waals surface area contributed by atoms with Crippen LogP contribution in [0.4, 0.5) is 0 Å². The minimum Gasteiger partial charge on any atom is -0.383 e. The highest BCUT2D eigenvalue weighted by Gasteiger charge is 2.17. The van der Waals surface area contributed by atoms with E-state index in [9.17, 15) is 4.79 Å². The number of amides is 1. The van der Waals surface area contributed by atoms with Gasteiger partial charge in [-0.15, -0.1) is 11.3 Å². The van der Waals surface area contributed by atoms with Crippen molar-refractivity contribution >= 4 is 17.2 Å². The highest BCUT2D eigenvalue weighted by molar-refractivity contribution is 7.09. The van der Waals surface area contributed by atoms with Gasteiger partial charge in [-0.3, -0.25) is 9.36 Å². The number of hydrogen-bond acceptors (Lipinski definition) is 5. The summed E-state index contributed by atoms with van der Waals surface area (Å²) in [6, 6.07) is 7.53. The van der Waals surface area contributed by atoms with Gasteiger partial charge in [0.05, 0.1) is 13.2 Å². The van der Waals surface area contributed by atoms with Crippen molar-refractivity contribution < 1.29 is 9.53 Å². The van der Waals surface area contributed by atoms with E-state index < -0.39 is 0 Å². The van der Waals surface area contributed by atoms with Crippen LogP contribution >= 0.6 is 11.3 Å². The highest BCUT2D eigenvalue weighted by Crippen LogP contribution is 2.15. The molecule has 0 spiro atoms. The zero-order valence-corrected chi connectivity index (χ0v) is 14.1. The number of carbonyl (C=O) groups excluding carboxylic acids is 1. The van der Waals surface area contributed by atoms with Crippen molar-refractivity contribution in [2.45, 2.75) is 6.54 Å². The van der Waals surface area contributed by atoms with Crippen molar-refractivity contribution in [3.8, 4) is 5.82 Å². The summed E-state index contributed by atoms with van der Waals surface area (Å²) in [6.07, 6.45) is 6.77. The van der Waals surface area contributed by atoms with Gasteiger partial charge in [0.25, 0.3) is 5.91 Å². The van der Waals surface area contributed by atoms with E-state index in [-0.39, 0.29) is 5.91 Å². The third-order valence-electron chi connectivity index (χ3n) is 3.54. The second-order valence-electron chi connectivity index (χ2n) is 5.17. The Bertz CT molecular complexity index is 772. The highest BCUT2D eigenvalue weighted by atomic mass is 32.1. The summed E-state index contributed by atoms with van der Waals surface area (Å²) in [5.41, 5.74) is 0.598. The molecule has 0 saturated carbocycles. The number of pyridine rings is 1. The largest absolute Gasteiger partial charge is 0.383 e. The molecule has 0 aliphatic carbocycles. The molecule has 3 rings (SSSR count). The van der Waals surface area contributed by atoms with Gasteiger partial charge >= 0.3 is 0 Å². The van der Waals surface area contributed by atoms with Gasteiger partial charge in [0.2, 0.25) is 0 Å². The predicted molar refractivity (Wildman–Crippen MR) is 92.3 cm³/mol. The van der Waals surface area contributed by atoms with Crippen LogP contribution in [-0.2, 0) is 11.3 Å². The van der Waals surface area contributed by atoms with E-state index in [2.05, 4.69) is 9.97 Å². The Kier molecular flexibility index (Phi) is 5.35. The summed E-state index contributed by atoms with van der Waals surface area (Å²) >= 11 is 1.64. The summed E-state index contributed by atoms with van der Waals surface area (Å²) < 4.78 is 6.92. The van der Waals surface area contributed by atoms with Gasteiger partial charge in [-0.2, -0.15) is 0 Å². The van der Waals surface area contributed by atoms with Gasteiger partial charge in [0.1, 0.15) is 12.1 Å². The fourth-order valence-corrected chi connectivity index (χ4v) is 3.03. The smallest absolute Gasteiger partial charge is 0.254 e. The van der Waals surface area contributed by atoms with Gasteiger partial charge in [-0.1, -0.05) is 6.07 Å². The van der Waals surface area contributed by atoms with Crippen molar-refractivity contribution in [2.75, 3.05) is 20.3 Å². The molecule has 24 heavy (non-hydrogen) atoms. The molecule has 3 aromatic heterocycles. The normalized spacial score (nSPS) is 10.7. The first-order valence-corrected chi connectivity index (χ1v) is 8.41. The number of hydrogen-bond donors (Lipinski definition) is 0. The Balaban J connectivity index is 1.82. The van der Waals surface area contributed by atoms with Crippen molar-refractivity contribution in [2.24, 2.45) is 0 Å². The van der Waals surface area contributed by atoms with Gasteiger partial charge in [-0.25, -0.2) is 9.97 Å². The lowest BCUT2D eigenvalue weighted by Gasteiger charge is -2.22. The fourth-order valence-electron chi connectivity index (χ4n) is 2.31. The number of carbonyl (C=O) groups is 1. The van der Waals surface area contributed by atoms with Gasteiger partial charge in [-0.05, 0) is 23.6 Å². The number of aromatic nitrogens is 3.